The summed E-state index contributed by atoms with van der Waals surface area (Å²) in [6.45, 7) is 5.27. The van der Waals surface area contributed by atoms with Crippen LogP contribution in [-0.4, -0.2) is 66.9 Å². The number of piperidine rings is 1. The lowest BCUT2D eigenvalue weighted by Crippen LogP contribution is -2.45. The Morgan fingerprint density at radius 1 is 1.50 bits per heavy atom. The van der Waals surface area contributed by atoms with Gasteiger partial charge >= 0.3 is 6.09 Å². The first-order chi connectivity index (χ1) is 7.69. The number of carbonyl (C=O) groups excluding carboxylic acids is 1. The molecule has 5 nitrogen and oxygen atoms in total. The second-order valence-corrected chi connectivity index (χ2v) is 4.11. The van der Waals surface area contributed by atoms with Crippen LogP contribution in [0.1, 0.15) is 19.8 Å². The van der Waals surface area contributed by atoms with E-state index in [4.69, 9.17) is 9.84 Å². The highest BCUT2D eigenvalue weighted by atomic mass is 16.6. The van der Waals surface area contributed by atoms with E-state index in [1.807, 2.05) is 0 Å². The molecule has 0 saturated carbocycles. The quantitative estimate of drug-likeness (QED) is 0.765. The number of carbonyl (C=O) groups is 1. The van der Waals surface area contributed by atoms with E-state index in [0.717, 1.165) is 32.5 Å². The zero-order valence-corrected chi connectivity index (χ0v) is 10.2. The maximum absolute atomic E-state index is 11.5. The molecule has 0 radical (unpaired) electrons. The second kappa shape index (κ2) is 6.70. The van der Waals surface area contributed by atoms with Crippen LogP contribution in [0.15, 0.2) is 0 Å². The standard InChI is InChI=1S/C11H22N2O3/c1-3-13-6-4-10(5-7-13)12(2)11(15)16-9-8-14/h10,14H,3-9H2,1-2H3. The Morgan fingerprint density at radius 2 is 2.12 bits per heavy atom. The molecule has 1 N–H and O–H groups in total. The van der Waals surface area contributed by atoms with Gasteiger partial charge in [0.25, 0.3) is 0 Å². The van der Waals surface area contributed by atoms with E-state index >= 15 is 0 Å². The van der Waals surface area contributed by atoms with E-state index in [1.54, 1.807) is 11.9 Å². The van der Waals surface area contributed by atoms with Gasteiger partial charge in [-0.3, -0.25) is 0 Å². The molecule has 0 aromatic rings. The van der Waals surface area contributed by atoms with Crippen LogP contribution < -0.4 is 0 Å². The van der Waals surface area contributed by atoms with Crippen LogP contribution in [0.25, 0.3) is 0 Å². The van der Waals surface area contributed by atoms with E-state index < -0.39 is 0 Å². The summed E-state index contributed by atoms with van der Waals surface area (Å²) in [5, 5.41) is 8.57. The molecule has 1 saturated heterocycles. The Kier molecular flexibility index (Phi) is 5.55. The SMILES string of the molecule is CCN1CCC(N(C)C(=O)OCCO)CC1. The lowest BCUT2D eigenvalue weighted by atomic mass is 10.0. The van der Waals surface area contributed by atoms with Crippen LogP contribution in [0.4, 0.5) is 4.79 Å². The van der Waals surface area contributed by atoms with Crippen molar-refractivity contribution < 1.29 is 14.6 Å². The van der Waals surface area contributed by atoms with Gasteiger partial charge in [-0.1, -0.05) is 6.92 Å². The Hall–Kier alpha value is -0.810. The molecule has 1 aliphatic rings. The molecule has 0 aliphatic carbocycles. The molecule has 0 atom stereocenters. The van der Waals surface area contributed by atoms with E-state index in [2.05, 4.69) is 11.8 Å². The third-order valence-corrected chi connectivity index (χ3v) is 3.16. The molecule has 1 aliphatic heterocycles. The summed E-state index contributed by atoms with van der Waals surface area (Å²) < 4.78 is 4.88. The lowest BCUT2D eigenvalue weighted by Gasteiger charge is -2.35. The number of rotatable bonds is 4. The number of nitrogens with zero attached hydrogens (tertiary/aromatic N) is 2. The van der Waals surface area contributed by atoms with Crippen molar-refractivity contribution in [1.82, 2.24) is 9.80 Å². The van der Waals surface area contributed by atoms with Gasteiger partial charge in [-0.05, 0) is 19.4 Å². The summed E-state index contributed by atoms with van der Waals surface area (Å²) in [4.78, 5) is 15.6. The van der Waals surface area contributed by atoms with Crippen molar-refractivity contribution in [2.45, 2.75) is 25.8 Å². The largest absolute Gasteiger partial charge is 0.447 e. The highest BCUT2D eigenvalue weighted by Crippen LogP contribution is 2.15. The average molecular weight is 230 g/mol. The van der Waals surface area contributed by atoms with Crippen molar-refractivity contribution in [3.8, 4) is 0 Å². The number of hydrogen-bond acceptors (Lipinski definition) is 4. The second-order valence-electron chi connectivity index (χ2n) is 4.11. The number of aliphatic hydroxyl groups excluding tert-OH is 1. The van der Waals surface area contributed by atoms with Crippen molar-refractivity contribution >= 4 is 6.09 Å². The van der Waals surface area contributed by atoms with Crippen LogP contribution in [0.2, 0.25) is 0 Å². The van der Waals surface area contributed by atoms with E-state index in [9.17, 15) is 4.79 Å². The summed E-state index contributed by atoms with van der Waals surface area (Å²) in [5.41, 5.74) is 0. The maximum atomic E-state index is 11.5. The normalized spacial score (nSPS) is 18.4. The van der Waals surface area contributed by atoms with E-state index in [0.29, 0.717) is 0 Å². The Balaban J connectivity index is 2.32. The molecule has 0 unspecified atom stereocenters. The summed E-state index contributed by atoms with van der Waals surface area (Å²) in [6, 6.07) is 0.272. The Bertz CT molecular complexity index is 215. The number of hydrogen-bond donors (Lipinski definition) is 1. The molecule has 0 aromatic heterocycles. The maximum Gasteiger partial charge on any atom is 0.409 e. The summed E-state index contributed by atoms with van der Waals surface area (Å²) >= 11 is 0. The van der Waals surface area contributed by atoms with Gasteiger partial charge in [0, 0.05) is 26.2 Å². The minimum Gasteiger partial charge on any atom is -0.447 e. The third kappa shape index (κ3) is 3.64. The van der Waals surface area contributed by atoms with Gasteiger partial charge in [0.2, 0.25) is 0 Å². The monoisotopic (exact) mass is 230 g/mol. The average Bonchev–Trinajstić information content (AvgIpc) is 2.35. The zero-order valence-electron chi connectivity index (χ0n) is 10.2. The summed E-state index contributed by atoms with van der Waals surface area (Å²) in [6.07, 6.45) is 1.67. The van der Waals surface area contributed by atoms with Crippen LogP contribution in [-0.2, 0) is 4.74 Å². The first-order valence-corrected chi connectivity index (χ1v) is 5.91. The molecule has 0 spiro atoms. The fourth-order valence-corrected chi connectivity index (χ4v) is 2.01. The molecule has 1 heterocycles. The molecule has 1 fully saturated rings. The minimum absolute atomic E-state index is 0.0803. The fraction of sp³-hybridized carbons (Fsp3) is 0.909. The van der Waals surface area contributed by atoms with Crippen molar-refractivity contribution in [3.05, 3.63) is 0 Å². The summed E-state index contributed by atoms with van der Waals surface area (Å²) in [5.74, 6) is 0. The van der Waals surface area contributed by atoms with Gasteiger partial charge in [0.1, 0.15) is 6.61 Å². The molecule has 16 heavy (non-hydrogen) atoms. The van der Waals surface area contributed by atoms with Crippen LogP contribution in [0, 0.1) is 0 Å². The molecule has 1 rings (SSSR count). The van der Waals surface area contributed by atoms with Crippen molar-refractivity contribution in [3.63, 3.8) is 0 Å². The van der Waals surface area contributed by atoms with Crippen molar-refractivity contribution in [1.29, 1.82) is 0 Å². The fourth-order valence-electron chi connectivity index (χ4n) is 2.01. The topological polar surface area (TPSA) is 53.0 Å². The number of aliphatic hydroxyl groups is 1. The molecule has 0 bridgehead atoms. The number of amides is 1. The van der Waals surface area contributed by atoms with Crippen LogP contribution in [0.5, 0.6) is 0 Å². The van der Waals surface area contributed by atoms with Gasteiger partial charge in [-0.15, -0.1) is 0 Å². The number of ether oxygens (including phenoxy) is 1. The zero-order chi connectivity index (χ0) is 12.0. The Morgan fingerprint density at radius 3 is 2.62 bits per heavy atom. The first-order valence-electron chi connectivity index (χ1n) is 5.91. The van der Waals surface area contributed by atoms with E-state index in [-0.39, 0.29) is 25.3 Å². The van der Waals surface area contributed by atoms with Gasteiger partial charge < -0.3 is 19.6 Å². The molecule has 0 aromatic carbocycles. The summed E-state index contributed by atoms with van der Waals surface area (Å²) in [7, 11) is 1.77. The van der Waals surface area contributed by atoms with Gasteiger partial charge in [-0.25, -0.2) is 4.79 Å². The number of likely N-dealkylation sites (tertiary alicyclic amines) is 1. The predicted octanol–water partition coefficient (Wildman–Crippen LogP) is 0.531. The van der Waals surface area contributed by atoms with Gasteiger partial charge in [0.15, 0.2) is 0 Å². The highest BCUT2D eigenvalue weighted by molar-refractivity contribution is 5.67. The smallest absolute Gasteiger partial charge is 0.409 e. The van der Waals surface area contributed by atoms with Crippen molar-refractivity contribution in [2.75, 3.05) is 39.9 Å². The minimum atomic E-state index is -0.330. The van der Waals surface area contributed by atoms with Gasteiger partial charge in [0.05, 0.1) is 6.61 Å². The molecule has 1 amide bonds. The predicted molar refractivity (Wildman–Crippen MR) is 61.3 cm³/mol. The molecular weight excluding hydrogens is 208 g/mol. The molecular formula is C11H22N2O3. The van der Waals surface area contributed by atoms with E-state index in [1.165, 1.54) is 0 Å². The van der Waals surface area contributed by atoms with Crippen LogP contribution in [0.3, 0.4) is 0 Å². The van der Waals surface area contributed by atoms with Crippen LogP contribution >= 0.6 is 0 Å². The molecule has 5 heteroatoms. The van der Waals surface area contributed by atoms with Crippen molar-refractivity contribution in [2.24, 2.45) is 0 Å². The molecule has 94 valence electrons. The lowest BCUT2D eigenvalue weighted by molar-refractivity contribution is 0.0658. The third-order valence-electron chi connectivity index (χ3n) is 3.16. The Labute approximate surface area is 97.0 Å². The van der Waals surface area contributed by atoms with Gasteiger partial charge in [-0.2, -0.15) is 0 Å². The first kappa shape index (κ1) is 13.3. The highest BCUT2D eigenvalue weighted by Gasteiger charge is 2.25.